The summed E-state index contributed by atoms with van der Waals surface area (Å²) < 4.78 is 1.86. The summed E-state index contributed by atoms with van der Waals surface area (Å²) in [6.07, 6.45) is 4.14. The number of amides is 1. The molecule has 0 aliphatic heterocycles. The summed E-state index contributed by atoms with van der Waals surface area (Å²) in [5, 5.41) is 16.5. The summed E-state index contributed by atoms with van der Waals surface area (Å²) in [6.45, 7) is 6.89. The first-order chi connectivity index (χ1) is 9.47. The van der Waals surface area contributed by atoms with Gasteiger partial charge in [0.2, 0.25) is 0 Å². The minimum Gasteiger partial charge on any atom is -0.396 e. The van der Waals surface area contributed by atoms with Crippen molar-refractivity contribution in [1.82, 2.24) is 15.1 Å². The van der Waals surface area contributed by atoms with E-state index in [1.807, 2.05) is 31.5 Å². The van der Waals surface area contributed by atoms with E-state index in [4.69, 9.17) is 5.11 Å². The third-order valence-electron chi connectivity index (χ3n) is 4.32. The number of aliphatic hydroxyl groups excluding tert-OH is 1. The SMILES string of the molecule is Cc1cc(C(=O)NCC2(CCO)CCC2)nn1C(C)C. The van der Waals surface area contributed by atoms with E-state index in [9.17, 15) is 4.79 Å². The van der Waals surface area contributed by atoms with Crippen LogP contribution in [0.5, 0.6) is 0 Å². The van der Waals surface area contributed by atoms with Gasteiger partial charge in [0, 0.05) is 24.9 Å². The molecule has 1 aliphatic rings. The minimum atomic E-state index is -0.114. The van der Waals surface area contributed by atoms with Gasteiger partial charge in [-0.15, -0.1) is 0 Å². The maximum absolute atomic E-state index is 12.2. The minimum absolute atomic E-state index is 0.111. The molecule has 1 aromatic rings. The lowest BCUT2D eigenvalue weighted by Crippen LogP contribution is -2.42. The quantitative estimate of drug-likeness (QED) is 0.837. The maximum Gasteiger partial charge on any atom is 0.271 e. The largest absolute Gasteiger partial charge is 0.396 e. The molecule has 1 aromatic heterocycles. The van der Waals surface area contributed by atoms with Crippen LogP contribution in [0, 0.1) is 12.3 Å². The molecule has 1 fully saturated rings. The van der Waals surface area contributed by atoms with Crippen LogP contribution in [0.3, 0.4) is 0 Å². The molecular weight excluding hydrogens is 254 g/mol. The highest BCUT2D eigenvalue weighted by Crippen LogP contribution is 2.43. The molecule has 20 heavy (non-hydrogen) atoms. The van der Waals surface area contributed by atoms with Crippen molar-refractivity contribution < 1.29 is 9.90 Å². The first-order valence-corrected chi connectivity index (χ1v) is 7.43. The molecule has 5 nitrogen and oxygen atoms in total. The van der Waals surface area contributed by atoms with Gasteiger partial charge >= 0.3 is 0 Å². The van der Waals surface area contributed by atoms with Crippen molar-refractivity contribution in [2.45, 2.75) is 52.5 Å². The molecule has 5 heteroatoms. The fraction of sp³-hybridized carbons (Fsp3) is 0.733. The van der Waals surface area contributed by atoms with Gasteiger partial charge in [-0.2, -0.15) is 5.10 Å². The fourth-order valence-electron chi connectivity index (χ4n) is 2.91. The first kappa shape index (κ1) is 15.0. The van der Waals surface area contributed by atoms with Gasteiger partial charge < -0.3 is 10.4 Å². The van der Waals surface area contributed by atoms with E-state index in [0.29, 0.717) is 12.2 Å². The van der Waals surface area contributed by atoms with Gasteiger partial charge in [-0.3, -0.25) is 9.48 Å². The Balaban J connectivity index is 1.96. The van der Waals surface area contributed by atoms with Crippen LogP contribution in [0.25, 0.3) is 0 Å². The normalized spacial score (nSPS) is 17.1. The monoisotopic (exact) mass is 279 g/mol. The molecule has 1 heterocycles. The molecule has 112 valence electrons. The lowest BCUT2D eigenvalue weighted by atomic mass is 9.67. The third kappa shape index (κ3) is 3.03. The Bertz CT molecular complexity index is 475. The van der Waals surface area contributed by atoms with Gasteiger partial charge in [0.05, 0.1) is 0 Å². The number of aliphatic hydroxyl groups is 1. The first-order valence-electron chi connectivity index (χ1n) is 7.43. The smallest absolute Gasteiger partial charge is 0.271 e. The number of aromatic nitrogens is 2. The van der Waals surface area contributed by atoms with Crippen LogP contribution < -0.4 is 5.32 Å². The Morgan fingerprint density at radius 3 is 2.70 bits per heavy atom. The number of aryl methyl sites for hydroxylation is 1. The molecule has 2 N–H and O–H groups in total. The Labute approximate surface area is 120 Å². The van der Waals surface area contributed by atoms with E-state index < -0.39 is 0 Å². The number of nitrogens with zero attached hydrogens (tertiary/aromatic N) is 2. The van der Waals surface area contributed by atoms with Gasteiger partial charge in [-0.1, -0.05) is 6.42 Å². The Morgan fingerprint density at radius 1 is 1.55 bits per heavy atom. The van der Waals surface area contributed by atoms with Gasteiger partial charge in [-0.25, -0.2) is 0 Å². The van der Waals surface area contributed by atoms with Crippen molar-refractivity contribution in [2.75, 3.05) is 13.2 Å². The van der Waals surface area contributed by atoms with Crippen LogP contribution in [-0.2, 0) is 0 Å². The van der Waals surface area contributed by atoms with Crippen LogP contribution >= 0.6 is 0 Å². The molecular formula is C15H25N3O2. The summed E-state index contributed by atoms with van der Waals surface area (Å²) in [6, 6.07) is 2.08. The molecule has 2 rings (SSSR count). The van der Waals surface area contributed by atoms with E-state index in [1.54, 1.807) is 0 Å². The number of rotatable bonds is 6. The molecule has 0 saturated heterocycles. The van der Waals surface area contributed by atoms with E-state index in [1.165, 1.54) is 6.42 Å². The van der Waals surface area contributed by atoms with E-state index in [-0.39, 0.29) is 24.0 Å². The molecule has 0 atom stereocenters. The third-order valence-corrected chi connectivity index (χ3v) is 4.32. The van der Waals surface area contributed by atoms with E-state index >= 15 is 0 Å². The van der Waals surface area contributed by atoms with Crippen molar-refractivity contribution in [3.05, 3.63) is 17.5 Å². The second-order valence-electron chi connectivity index (χ2n) is 6.22. The Morgan fingerprint density at radius 2 is 2.25 bits per heavy atom. The number of carbonyl (C=O) groups excluding carboxylic acids is 1. The number of hydrogen-bond donors (Lipinski definition) is 2. The highest BCUT2D eigenvalue weighted by atomic mass is 16.3. The topological polar surface area (TPSA) is 67.2 Å². The van der Waals surface area contributed by atoms with Crippen molar-refractivity contribution in [2.24, 2.45) is 5.41 Å². The van der Waals surface area contributed by atoms with Gasteiger partial charge in [0.1, 0.15) is 5.69 Å². The Hall–Kier alpha value is -1.36. The van der Waals surface area contributed by atoms with E-state index in [2.05, 4.69) is 10.4 Å². The zero-order valence-electron chi connectivity index (χ0n) is 12.6. The molecule has 0 radical (unpaired) electrons. The summed E-state index contributed by atoms with van der Waals surface area (Å²) in [4.78, 5) is 12.2. The summed E-state index contributed by atoms with van der Waals surface area (Å²) >= 11 is 0. The maximum atomic E-state index is 12.2. The zero-order chi connectivity index (χ0) is 14.8. The predicted octanol–water partition coefficient (Wildman–Crippen LogP) is 2.05. The van der Waals surface area contributed by atoms with Crippen LogP contribution in [0.1, 0.15) is 61.8 Å². The van der Waals surface area contributed by atoms with Crippen molar-refractivity contribution in [1.29, 1.82) is 0 Å². The predicted molar refractivity (Wildman–Crippen MR) is 77.7 cm³/mol. The second-order valence-corrected chi connectivity index (χ2v) is 6.22. The number of hydrogen-bond acceptors (Lipinski definition) is 3. The van der Waals surface area contributed by atoms with Crippen molar-refractivity contribution in [3.8, 4) is 0 Å². The van der Waals surface area contributed by atoms with E-state index in [0.717, 1.165) is 25.0 Å². The second kappa shape index (κ2) is 5.95. The molecule has 0 unspecified atom stereocenters. The fourth-order valence-corrected chi connectivity index (χ4v) is 2.91. The molecule has 0 spiro atoms. The van der Waals surface area contributed by atoms with Crippen molar-refractivity contribution in [3.63, 3.8) is 0 Å². The molecule has 1 saturated carbocycles. The van der Waals surface area contributed by atoms with Crippen LogP contribution in [0.2, 0.25) is 0 Å². The highest BCUT2D eigenvalue weighted by Gasteiger charge is 2.36. The van der Waals surface area contributed by atoms with Gasteiger partial charge in [0.15, 0.2) is 0 Å². The zero-order valence-corrected chi connectivity index (χ0v) is 12.6. The summed E-state index contributed by atoms with van der Waals surface area (Å²) in [5.41, 5.74) is 1.59. The average Bonchev–Trinajstić information content (AvgIpc) is 2.74. The number of carbonyl (C=O) groups is 1. The molecule has 0 bridgehead atoms. The average molecular weight is 279 g/mol. The molecule has 1 amide bonds. The van der Waals surface area contributed by atoms with Gasteiger partial charge in [0.25, 0.3) is 5.91 Å². The Kier molecular flexibility index (Phi) is 4.48. The lowest BCUT2D eigenvalue weighted by Gasteiger charge is -2.41. The standard InChI is InChI=1S/C15H25N3O2/c1-11(2)18-12(3)9-13(17-18)14(20)16-10-15(7-8-19)5-4-6-15/h9,11,19H,4-8,10H2,1-3H3,(H,16,20). The summed E-state index contributed by atoms with van der Waals surface area (Å²) in [7, 11) is 0. The molecule has 0 aromatic carbocycles. The van der Waals surface area contributed by atoms with Crippen molar-refractivity contribution >= 4 is 5.91 Å². The highest BCUT2D eigenvalue weighted by molar-refractivity contribution is 5.92. The van der Waals surface area contributed by atoms with Crippen LogP contribution in [-0.4, -0.2) is 33.9 Å². The lowest BCUT2D eigenvalue weighted by molar-refractivity contribution is 0.0729. The van der Waals surface area contributed by atoms with Crippen LogP contribution in [0.4, 0.5) is 0 Å². The van der Waals surface area contributed by atoms with Gasteiger partial charge in [-0.05, 0) is 51.5 Å². The van der Waals surface area contributed by atoms with Crippen LogP contribution in [0.15, 0.2) is 6.07 Å². The summed E-state index contributed by atoms with van der Waals surface area (Å²) in [5.74, 6) is -0.114. The molecule has 1 aliphatic carbocycles. The number of nitrogens with one attached hydrogen (secondary N) is 1.